The van der Waals surface area contributed by atoms with E-state index < -0.39 is 0 Å². The molecule has 0 amide bonds. The smallest absolute Gasteiger partial charge is 0.142 e. The summed E-state index contributed by atoms with van der Waals surface area (Å²) in [4.78, 5) is 0. The molecular formula is C16H27NO2. The molecule has 1 aromatic rings. The first kappa shape index (κ1) is 15.7. The van der Waals surface area contributed by atoms with Gasteiger partial charge in [-0.05, 0) is 25.5 Å². The second-order valence-electron chi connectivity index (χ2n) is 4.96. The summed E-state index contributed by atoms with van der Waals surface area (Å²) in [5.41, 5.74) is 1.00. The molecule has 0 aliphatic carbocycles. The molecule has 0 aliphatic rings. The van der Waals surface area contributed by atoms with Gasteiger partial charge in [0.15, 0.2) is 0 Å². The minimum Gasteiger partial charge on any atom is -0.497 e. The molecule has 19 heavy (non-hydrogen) atoms. The first-order valence-corrected chi connectivity index (χ1v) is 7.19. The van der Waals surface area contributed by atoms with Crippen LogP contribution in [-0.4, -0.2) is 20.3 Å². The molecule has 0 heterocycles. The van der Waals surface area contributed by atoms with Crippen LogP contribution in [0.1, 0.15) is 46.0 Å². The molecule has 0 fully saturated rings. The molecule has 1 rings (SSSR count). The van der Waals surface area contributed by atoms with Gasteiger partial charge < -0.3 is 14.8 Å². The molecule has 0 saturated heterocycles. The molecule has 1 aromatic carbocycles. The van der Waals surface area contributed by atoms with E-state index in [0.717, 1.165) is 17.2 Å². The van der Waals surface area contributed by atoms with Crippen molar-refractivity contribution in [2.24, 2.45) is 0 Å². The van der Waals surface area contributed by atoms with E-state index in [1.807, 2.05) is 18.2 Å². The second kappa shape index (κ2) is 8.68. The summed E-state index contributed by atoms with van der Waals surface area (Å²) >= 11 is 0. The molecule has 0 radical (unpaired) electrons. The Morgan fingerprint density at radius 3 is 2.53 bits per heavy atom. The second-order valence-corrected chi connectivity index (χ2v) is 4.96. The van der Waals surface area contributed by atoms with Crippen LogP contribution in [0.15, 0.2) is 18.2 Å². The third-order valence-corrected chi connectivity index (χ3v) is 3.30. The summed E-state index contributed by atoms with van der Waals surface area (Å²) in [6.45, 7) is 4.45. The third kappa shape index (κ3) is 5.41. The van der Waals surface area contributed by atoms with Gasteiger partial charge in [0.25, 0.3) is 0 Å². The van der Waals surface area contributed by atoms with Gasteiger partial charge in [0, 0.05) is 12.1 Å². The summed E-state index contributed by atoms with van der Waals surface area (Å²) in [5, 5.41) is 3.51. The predicted molar refractivity (Wildman–Crippen MR) is 81.4 cm³/mol. The Balaban J connectivity index is 2.54. The number of hydrogen-bond acceptors (Lipinski definition) is 3. The first-order chi connectivity index (χ1) is 9.21. The fourth-order valence-corrected chi connectivity index (χ4v) is 2.14. The summed E-state index contributed by atoms with van der Waals surface area (Å²) < 4.78 is 10.6. The van der Waals surface area contributed by atoms with Crippen LogP contribution in [0.4, 0.5) is 5.69 Å². The highest BCUT2D eigenvalue weighted by molar-refractivity contribution is 5.60. The zero-order valence-corrected chi connectivity index (χ0v) is 12.7. The number of hydrogen-bond donors (Lipinski definition) is 1. The zero-order chi connectivity index (χ0) is 14.1. The molecule has 108 valence electrons. The van der Waals surface area contributed by atoms with Gasteiger partial charge in [0.05, 0.1) is 19.9 Å². The van der Waals surface area contributed by atoms with Crippen molar-refractivity contribution >= 4 is 5.69 Å². The van der Waals surface area contributed by atoms with Gasteiger partial charge in [0.1, 0.15) is 11.5 Å². The number of nitrogens with one attached hydrogen (secondary N) is 1. The maximum absolute atomic E-state index is 5.37. The van der Waals surface area contributed by atoms with Crippen molar-refractivity contribution in [2.75, 3.05) is 19.5 Å². The molecule has 0 aromatic heterocycles. The molecule has 1 N–H and O–H groups in total. The third-order valence-electron chi connectivity index (χ3n) is 3.30. The molecule has 1 unspecified atom stereocenters. The topological polar surface area (TPSA) is 30.5 Å². The van der Waals surface area contributed by atoms with Gasteiger partial charge in [0.2, 0.25) is 0 Å². The largest absolute Gasteiger partial charge is 0.497 e. The molecule has 1 atom stereocenters. The Bertz CT molecular complexity index is 366. The first-order valence-electron chi connectivity index (χ1n) is 7.19. The van der Waals surface area contributed by atoms with E-state index in [1.165, 1.54) is 32.1 Å². The Kier molecular flexibility index (Phi) is 7.16. The Morgan fingerprint density at radius 2 is 1.89 bits per heavy atom. The van der Waals surface area contributed by atoms with Crippen LogP contribution in [0.5, 0.6) is 11.5 Å². The zero-order valence-electron chi connectivity index (χ0n) is 12.7. The van der Waals surface area contributed by atoms with Gasteiger partial charge in [-0.3, -0.25) is 0 Å². The fraction of sp³-hybridized carbons (Fsp3) is 0.625. The minimum absolute atomic E-state index is 0.442. The maximum Gasteiger partial charge on any atom is 0.142 e. The Hall–Kier alpha value is -1.38. The van der Waals surface area contributed by atoms with Crippen LogP contribution in [0.2, 0.25) is 0 Å². The van der Waals surface area contributed by atoms with Crippen LogP contribution in [0.25, 0.3) is 0 Å². The summed E-state index contributed by atoms with van der Waals surface area (Å²) in [6.07, 6.45) is 6.38. The highest BCUT2D eigenvalue weighted by atomic mass is 16.5. The van der Waals surface area contributed by atoms with Gasteiger partial charge in [-0.25, -0.2) is 0 Å². The number of benzene rings is 1. The highest BCUT2D eigenvalue weighted by Gasteiger charge is 2.08. The van der Waals surface area contributed by atoms with Crippen molar-refractivity contribution in [1.29, 1.82) is 0 Å². The van der Waals surface area contributed by atoms with E-state index in [1.54, 1.807) is 14.2 Å². The van der Waals surface area contributed by atoms with Crippen LogP contribution in [-0.2, 0) is 0 Å². The number of anilines is 1. The molecule has 3 heteroatoms. The van der Waals surface area contributed by atoms with Crippen molar-refractivity contribution < 1.29 is 9.47 Å². The lowest BCUT2D eigenvalue weighted by Crippen LogP contribution is -2.15. The SMILES string of the molecule is CCCCCCC(C)Nc1cc(OC)ccc1OC. The lowest BCUT2D eigenvalue weighted by molar-refractivity contribution is 0.404. The summed E-state index contributed by atoms with van der Waals surface area (Å²) in [7, 11) is 3.37. The highest BCUT2D eigenvalue weighted by Crippen LogP contribution is 2.29. The maximum atomic E-state index is 5.37. The number of rotatable bonds is 9. The molecule has 0 bridgehead atoms. The van der Waals surface area contributed by atoms with Crippen molar-refractivity contribution in [3.05, 3.63) is 18.2 Å². The van der Waals surface area contributed by atoms with Crippen LogP contribution < -0.4 is 14.8 Å². The fourth-order valence-electron chi connectivity index (χ4n) is 2.14. The van der Waals surface area contributed by atoms with Crippen LogP contribution >= 0.6 is 0 Å². The molecular weight excluding hydrogens is 238 g/mol. The van der Waals surface area contributed by atoms with E-state index >= 15 is 0 Å². The molecule has 0 saturated carbocycles. The standard InChI is InChI=1S/C16H27NO2/c1-5-6-7-8-9-13(2)17-15-12-14(18-3)10-11-16(15)19-4/h10-13,17H,5-9H2,1-4H3. The average Bonchev–Trinajstić information content (AvgIpc) is 2.43. The van der Waals surface area contributed by atoms with E-state index in [4.69, 9.17) is 9.47 Å². The van der Waals surface area contributed by atoms with Crippen molar-refractivity contribution in [1.82, 2.24) is 0 Å². The van der Waals surface area contributed by atoms with E-state index in [0.29, 0.717) is 6.04 Å². The van der Waals surface area contributed by atoms with Gasteiger partial charge >= 0.3 is 0 Å². The minimum atomic E-state index is 0.442. The van der Waals surface area contributed by atoms with E-state index in [2.05, 4.69) is 19.2 Å². The normalized spacial score (nSPS) is 12.0. The van der Waals surface area contributed by atoms with Crippen LogP contribution in [0.3, 0.4) is 0 Å². The molecule has 0 spiro atoms. The van der Waals surface area contributed by atoms with E-state index in [-0.39, 0.29) is 0 Å². The van der Waals surface area contributed by atoms with Crippen LogP contribution in [0, 0.1) is 0 Å². The average molecular weight is 265 g/mol. The number of methoxy groups -OCH3 is 2. The predicted octanol–water partition coefficient (Wildman–Crippen LogP) is 4.47. The van der Waals surface area contributed by atoms with Crippen molar-refractivity contribution in [3.8, 4) is 11.5 Å². The summed E-state index contributed by atoms with van der Waals surface area (Å²) in [5.74, 6) is 1.71. The number of unbranched alkanes of at least 4 members (excludes halogenated alkanes) is 3. The molecule has 0 aliphatic heterocycles. The lowest BCUT2D eigenvalue weighted by Gasteiger charge is -2.18. The lowest BCUT2D eigenvalue weighted by atomic mass is 10.1. The summed E-state index contributed by atoms with van der Waals surface area (Å²) in [6, 6.07) is 6.28. The quantitative estimate of drug-likeness (QED) is 0.668. The van der Waals surface area contributed by atoms with Gasteiger partial charge in [-0.2, -0.15) is 0 Å². The van der Waals surface area contributed by atoms with Gasteiger partial charge in [-0.15, -0.1) is 0 Å². The van der Waals surface area contributed by atoms with Gasteiger partial charge in [-0.1, -0.05) is 32.6 Å². The Labute approximate surface area is 117 Å². The van der Waals surface area contributed by atoms with Crippen molar-refractivity contribution in [2.45, 2.75) is 52.0 Å². The van der Waals surface area contributed by atoms with Crippen molar-refractivity contribution in [3.63, 3.8) is 0 Å². The van der Waals surface area contributed by atoms with E-state index in [9.17, 15) is 0 Å². The molecule has 3 nitrogen and oxygen atoms in total. The number of ether oxygens (including phenoxy) is 2. The monoisotopic (exact) mass is 265 g/mol. The Morgan fingerprint density at radius 1 is 1.11 bits per heavy atom.